The largest absolute Gasteiger partial charge is 0.348 e. The van der Waals surface area contributed by atoms with Crippen molar-refractivity contribution in [1.82, 2.24) is 15.5 Å². The Morgan fingerprint density at radius 2 is 1.64 bits per heavy atom. The van der Waals surface area contributed by atoms with Crippen LogP contribution in [0.3, 0.4) is 0 Å². The van der Waals surface area contributed by atoms with Crippen LogP contribution in [0.2, 0.25) is 0 Å². The molecular weight excluding hydrogens is 278 g/mol. The van der Waals surface area contributed by atoms with Gasteiger partial charge in [0.2, 0.25) is 0 Å². The van der Waals surface area contributed by atoms with Crippen LogP contribution in [0.15, 0.2) is 0 Å². The summed E-state index contributed by atoms with van der Waals surface area (Å²) in [6.07, 6.45) is 7.76. The minimum absolute atomic E-state index is 0.196. The first-order valence-corrected chi connectivity index (χ1v) is 8.89. The van der Waals surface area contributed by atoms with Crippen molar-refractivity contribution in [3.63, 3.8) is 0 Å². The van der Waals surface area contributed by atoms with E-state index in [1.165, 1.54) is 6.42 Å². The Bertz CT molecular complexity index is 370. The first-order valence-electron chi connectivity index (χ1n) is 8.89. The number of amides is 2. The van der Waals surface area contributed by atoms with Crippen molar-refractivity contribution >= 4 is 11.8 Å². The van der Waals surface area contributed by atoms with E-state index in [4.69, 9.17) is 0 Å². The predicted molar refractivity (Wildman–Crippen MR) is 87.5 cm³/mol. The molecule has 1 aliphatic carbocycles. The highest BCUT2D eigenvalue weighted by atomic mass is 16.2. The monoisotopic (exact) mass is 309 g/mol. The minimum atomic E-state index is -0.461. The Morgan fingerprint density at radius 3 is 2.23 bits per heavy atom. The number of likely N-dealkylation sites (tertiary alicyclic amines) is 1. The molecular formula is C17H31N3O2. The molecule has 2 fully saturated rings. The lowest BCUT2D eigenvalue weighted by Crippen LogP contribution is -2.47. The first kappa shape index (κ1) is 17.3. The van der Waals surface area contributed by atoms with Crippen molar-refractivity contribution in [2.45, 2.75) is 70.9 Å². The van der Waals surface area contributed by atoms with Gasteiger partial charge in [-0.1, -0.05) is 19.3 Å². The Morgan fingerprint density at radius 1 is 1.00 bits per heavy atom. The van der Waals surface area contributed by atoms with Crippen molar-refractivity contribution in [3.05, 3.63) is 0 Å². The van der Waals surface area contributed by atoms with E-state index in [1.54, 1.807) is 0 Å². The van der Waals surface area contributed by atoms with Crippen LogP contribution >= 0.6 is 0 Å². The average Bonchev–Trinajstić information content (AvgIpc) is 2.53. The van der Waals surface area contributed by atoms with Crippen molar-refractivity contribution in [1.29, 1.82) is 0 Å². The van der Waals surface area contributed by atoms with Crippen LogP contribution < -0.4 is 10.6 Å². The molecule has 0 unspecified atom stereocenters. The third-order valence-electron chi connectivity index (χ3n) is 5.08. The number of nitrogens with zero attached hydrogens (tertiary/aromatic N) is 1. The molecule has 0 spiro atoms. The van der Waals surface area contributed by atoms with Crippen molar-refractivity contribution in [2.24, 2.45) is 5.92 Å². The van der Waals surface area contributed by atoms with Crippen molar-refractivity contribution in [3.8, 4) is 0 Å². The van der Waals surface area contributed by atoms with Gasteiger partial charge in [-0.15, -0.1) is 0 Å². The summed E-state index contributed by atoms with van der Waals surface area (Å²) in [5, 5.41) is 5.69. The predicted octanol–water partition coefficient (Wildman–Crippen LogP) is 1.67. The molecule has 2 aliphatic rings. The van der Waals surface area contributed by atoms with E-state index in [0.29, 0.717) is 18.5 Å². The Hall–Kier alpha value is -1.10. The van der Waals surface area contributed by atoms with E-state index < -0.39 is 11.8 Å². The molecule has 5 nitrogen and oxygen atoms in total. The SMILES string of the molecule is CC(C)N1CCC(CNC(=O)C(=O)NC2CCCCC2)CC1. The third kappa shape index (κ3) is 5.27. The van der Waals surface area contributed by atoms with Crippen LogP contribution in [-0.2, 0) is 9.59 Å². The van der Waals surface area contributed by atoms with E-state index in [9.17, 15) is 9.59 Å². The number of hydrogen-bond donors (Lipinski definition) is 2. The molecule has 1 saturated carbocycles. The molecule has 0 radical (unpaired) electrons. The van der Waals surface area contributed by atoms with Gasteiger partial charge in [-0.2, -0.15) is 0 Å². The summed E-state index contributed by atoms with van der Waals surface area (Å²) in [7, 11) is 0. The normalized spacial score (nSPS) is 21.8. The molecule has 2 N–H and O–H groups in total. The average molecular weight is 309 g/mol. The van der Waals surface area contributed by atoms with Gasteiger partial charge in [0, 0.05) is 18.6 Å². The van der Waals surface area contributed by atoms with Gasteiger partial charge in [-0.3, -0.25) is 9.59 Å². The zero-order valence-electron chi connectivity index (χ0n) is 14.1. The van der Waals surface area contributed by atoms with Crippen LogP contribution in [0.25, 0.3) is 0 Å². The Kier molecular flexibility index (Phi) is 6.68. The van der Waals surface area contributed by atoms with Gasteiger partial charge >= 0.3 is 11.8 Å². The zero-order chi connectivity index (χ0) is 15.9. The molecule has 0 atom stereocenters. The zero-order valence-corrected chi connectivity index (χ0v) is 14.1. The summed E-state index contributed by atoms with van der Waals surface area (Å²) in [4.78, 5) is 26.3. The smallest absolute Gasteiger partial charge is 0.309 e. The van der Waals surface area contributed by atoms with Gasteiger partial charge in [0.15, 0.2) is 0 Å². The molecule has 22 heavy (non-hydrogen) atoms. The lowest BCUT2D eigenvalue weighted by Gasteiger charge is -2.34. The molecule has 1 heterocycles. The van der Waals surface area contributed by atoms with Gasteiger partial charge in [0.1, 0.15) is 0 Å². The highest BCUT2D eigenvalue weighted by Crippen LogP contribution is 2.18. The maximum atomic E-state index is 11.9. The first-order chi connectivity index (χ1) is 10.6. The van der Waals surface area contributed by atoms with Gasteiger partial charge in [0.25, 0.3) is 0 Å². The topological polar surface area (TPSA) is 61.4 Å². The lowest BCUT2D eigenvalue weighted by atomic mass is 9.95. The van der Waals surface area contributed by atoms with Gasteiger partial charge in [-0.25, -0.2) is 0 Å². The number of carbonyl (C=O) groups excluding carboxylic acids is 2. The molecule has 5 heteroatoms. The molecule has 2 amide bonds. The maximum Gasteiger partial charge on any atom is 0.309 e. The van der Waals surface area contributed by atoms with Gasteiger partial charge < -0.3 is 15.5 Å². The van der Waals surface area contributed by atoms with E-state index in [1.807, 2.05) is 0 Å². The molecule has 126 valence electrons. The summed E-state index contributed by atoms with van der Waals surface area (Å²) in [5.41, 5.74) is 0. The summed E-state index contributed by atoms with van der Waals surface area (Å²) >= 11 is 0. The quantitative estimate of drug-likeness (QED) is 0.777. The fourth-order valence-corrected chi connectivity index (χ4v) is 3.49. The number of carbonyl (C=O) groups is 2. The highest BCUT2D eigenvalue weighted by molar-refractivity contribution is 6.35. The third-order valence-corrected chi connectivity index (χ3v) is 5.08. The summed E-state index contributed by atoms with van der Waals surface area (Å²) in [5.74, 6) is -0.412. The van der Waals surface area contributed by atoms with Crippen LogP contribution in [0.1, 0.15) is 58.8 Å². The number of nitrogens with one attached hydrogen (secondary N) is 2. The number of rotatable bonds is 4. The van der Waals surface area contributed by atoms with E-state index in [0.717, 1.165) is 51.6 Å². The summed E-state index contributed by atoms with van der Waals surface area (Å²) < 4.78 is 0. The Labute approximate surface area is 134 Å². The maximum absolute atomic E-state index is 11.9. The standard InChI is InChI=1S/C17H31N3O2/c1-13(2)20-10-8-14(9-11-20)12-18-16(21)17(22)19-15-6-4-3-5-7-15/h13-15H,3-12H2,1-2H3,(H,18,21)(H,19,22). The fourth-order valence-electron chi connectivity index (χ4n) is 3.49. The molecule has 0 bridgehead atoms. The van der Waals surface area contributed by atoms with Crippen LogP contribution in [0, 0.1) is 5.92 Å². The number of piperidine rings is 1. The second-order valence-electron chi connectivity index (χ2n) is 7.09. The molecule has 0 aromatic carbocycles. The highest BCUT2D eigenvalue weighted by Gasteiger charge is 2.23. The lowest BCUT2D eigenvalue weighted by molar-refractivity contribution is -0.139. The molecule has 0 aromatic rings. The summed E-state index contributed by atoms with van der Waals surface area (Å²) in [6, 6.07) is 0.790. The van der Waals surface area contributed by atoms with Crippen LogP contribution in [0.5, 0.6) is 0 Å². The molecule has 1 aliphatic heterocycles. The van der Waals surface area contributed by atoms with Crippen LogP contribution in [-0.4, -0.2) is 48.4 Å². The second-order valence-corrected chi connectivity index (χ2v) is 7.09. The van der Waals surface area contributed by atoms with Gasteiger partial charge in [-0.05, 0) is 58.5 Å². The minimum Gasteiger partial charge on any atom is -0.348 e. The van der Waals surface area contributed by atoms with Crippen molar-refractivity contribution < 1.29 is 9.59 Å². The number of hydrogen-bond acceptors (Lipinski definition) is 3. The van der Waals surface area contributed by atoms with E-state index >= 15 is 0 Å². The van der Waals surface area contributed by atoms with Crippen molar-refractivity contribution in [2.75, 3.05) is 19.6 Å². The Balaban J connectivity index is 1.63. The van der Waals surface area contributed by atoms with Crippen LogP contribution in [0.4, 0.5) is 0 Å². The van der Waals surface area contributed by atoms with Gasteiger partial charge in [0.05, 0.1) is 0 Å². The fraction of sp³-hybridized carbons (Fsp3) is 0.882. The molecule has 2 rings (SSSR count). The summed E-state index contributed by atoms with van der Waals surface area (Å²) in [6.45, 7) is 7.25. The molecule has 1 saturated heterocycles. The second kappa shape index (κ2) is 8.51. The molecule has 0 aromatic heterocycles. The van der Waals surface area contributed by atoms with E-state index in [2.05, 4.69) is 29.4 Å². The van der Waals surface area contributed by atoms with E-state index in [-0.39, 0.29) is 6.04 Å².